The second kappa shape index (κ2) is 9.49. The summed E-state index contributed by atoms with van der Waals surface area (Å²) in [4.78, 5) is 30.9. The van der Waals surface area contributed by atoms with Gasteiger partial charge in [0, 0.05) is 23.7 Å². The fraction of sp³-hybridized carbons (Fsp3) is 0.300. The predicted octanol–water partition coefficient (Wildman–Crippen LogP) is 3.74. The first-order valence-electron chi connectivity index (χ1n) is 9.66. The highest BCUT2D eigenvalue weighted by molar-refractivity contribution is 7.17. The van der Waals surface area contributed by atoms with Crippen LogP contribution < -0.4 is 5.32 Å². The fourth-order valence-corrected chi connectivity index (χ4v) is 4.23. The molecule has 0 bridgehead atoms. The van der Waals surface area contributed by atoms with Gasteiger partial charge in [0.2, 0.25) is 5.82 Å². The van der Waals surface area contributed by atoms with E-state index < -0.39 is 24.0 Å². The summed E-state index contributed by atoms with van der Waals surface area (Å²) in [6.45, 7) is 1.09. The molecule has 2 aromatic heterocycles. The minimum Gasteiger partial charge on any atom is -0.377 e. The van der Waals surface area contributed by atoms with Crippen LogP contribution in [0, 0.1) is 0 Å². The lowest BCUT2D eigenvalue weighted by Gasteiger charge is -2.35. The Bertz CT molecular complexity index is 1170. The summed E-state index contributed by atoms with van der Waals surface area (Å²) in [5.74, 6) is -2.40. The third kappa shape index (κ3) is 5.34. The smallest absolute Gasteiger partial charge is 0.377 e. The predicted molar refractivity (Wildman–Crippen MR) is 112 cm³/mol. The largest absolute Gasteiger partial charge is 0.471 e. The quantitative estimate of drug-likeness (QED) is 0.573. The molecule has 0 spiro atoms. The molecule has 1 aliphatic rings. The Kier molecular flexibility index (Phi) is 6.68. The van der Waals surface area contributed by atoms with Crippen molar-refractivity contribution < 1.29 is 32.0 Å². The molecule has 8 nitrogen and oxygen atoms in total. The van der Waals surface area contributed by atoms with Crippen molar-refractivity contribution in [3.8, 4) is 10.7 Å². The highest BCUT2D eigenvalue weighted by Crippen LogP contribution is 2.31. The molecule has 0 aliphatic carbocycles. The van der Waals surface area contributed by atoms with Crippen LogP contribution in [0.2, 0.25) is 5.02 Å². The molecule has 0 saturated carbocycles. The Morgan fingerprint density at radius 2 is 2.09 bits per heavy atom. The molecule has 1 N–H and O–H groups in total. The molecule has 1 atom stereocenters. The Balaban J connectivity index is 1.40. The molecule has 1 saturated heterocycles. The number of ether oxygens (including phenoxy) is 1. The summed E-state index contributed by atoms with van der Waals surface area (Å²) >= 11 is 6.90. The maximum absolute atomic E-state index is 12.9. The minimum atomic E-state index is -4.75. The topological polar surface area (TPSA) is 97.6 Å². The van der Waals surface area contributed by atoms with E-state index in [-0.39, 0.29) is 34.6 Å². The minimum absolute atomic E-state index is 0.124. The average Bonchev–Trinajstić information content (AvgIpc) is 3.47. The first-order valence-corrected chi connectivity index (χ1v) is 10.9. The van der Waals surface area contributed by atoms with Crippen LogP contribution in [0.1, 0.15) is 25.9 Å². The molecule has 1 fully saturated rings. The van der Waals surface area contributed by atoms with E-state index >= 15 is 0 Å². The summed E-state index contributed by atoms with van der Waals surface area (Å²) in [5.41, 5.74) is 0.432. The van der Waals surface area contributed by atoms with Gasteiger partial charge in [-0.15, -0.1) is 11.3 Å². The number of benzene rings is 1. The molecule has 174 valence electrons. The lowest BCUT2D eigenvalue weighted by atomic mass is 10.1. The molecule has 0 radical (unpaired) electrons. The van der Waals surface area contributed by atoms with Gasteiger partial charge in [-0.25, -0.2) is 0 Å². The maximum atomic E-state index is 12.9. The zero-order valence-corrected chi connectivity index (χ0v) is 18.3. The molecule has 13 heteroatoms. The van der Waals surface area contributed by atoms with Gasteiger partial charge in [0.1, 0.15) is 0 Å². The van der Waals surface area contributed by atoms with Crippen molar-refractivity contribution in [2.75, 3.05) is 26.3 Å². The number of morpholine rings is 1. The van der Waals surface area contributed by atoms with E-state index in [1.807, 2.05) is 0 Å². The average molecular weight is 501 g/mol. The standard InChI is InChI=1S/C20H16ClF3N4O4S/c21-12-3-1-2-11(8-12)18(30)28-6-7-31-10-13(28)9-25-17(29)15-5-4-14(33-15)16-26-19(32-27-16)20(22,23)24/h1-5,8,13H,6-7,9-10H2,(H,25,29). The van der Waals surface area contributed by atoms with Crippen LogP contribution in [0.25, 0.3) is 10.7 Å². The van der Waals surface area contributed by atoms with Crippen LogP contribution in [0.15, 0.2) is 40.9 Å². The Labute approximate surface area is 194 Å². The van der Waals surface area contributed by atoms with Crippen molar-refractivity contribution in [2.24, 2.45) is 0 Å². The van der Waals surface area contributed by atoms with E-state index in [1.54, 1.807) is 29.2 Å². The molecule has 1 aromatic carbocycles. The Morgan fingerprint density at radius 1 is 1.27 bits per heavy atom. The molecule has 3 heterocycles. The Morgan fingerprint density at radius 3 is 2.82 bits per heavy atom. The molecule has 3 aromatic rings. The van der Waals surface area contributed by atoms with Gasteiger partial charge in [-0.3, -0.25) is 9.59 Å². The first-order chi connectivity index (χ1) is 15.7. The van der Waals surface area contributed by atoms with Gasteiger partial charge < -0.3 is 19.5 Å². The van der Waals surface area contributed by atoms with Crippen molar-refractivity contribution in [1.29, 1.82) is 0 Å². The van der Waals surface area contributed by atoms with E-state index in [0.717, 1.165) is 11.3 Å². The summed E-state index contributed by atoms with van der Waals surface area (Å²) < 4.78 is 47.6. The Hall–Kier alpha value is -2.96. The zero-order chi connectivity index (χ0) is 23.6. The molecule has 33 heavy (non-hydrogen) atoms. The van der Waals surface area contributed by atoms with Crippen molar-refractivity contribution in [2.45, 2.75) is 12.2 Å². The first kappa shape index (κ1) is 23.2. The van der Waals surface area contributed by atoms with Crippen molar-refractivity contribution in [3.05, 3.63) is 57.8 Å². The lowest BCUT2D eigenvalue weighted by Crippen LogP contribution is -2.53. The van der Waals surface area contributed by atoms with Gasteiger partial charge in [-0.05, 0) is 30.3 Å². The molecular weight excluding hydrogens is 485 g/mol. The van der Waals surface area contributed by atoms with Crippen LogP contribution in [-0.2, 0) is 10.9 Å². The van der Waals surface area contributed by atoms with E-state index in [0.29, 0.717) is 23.7 Å². The summed E-state index contributed by atoms with van der Waals surface area (Å²) in [6, 6.07) is 9.07. The lowest BCUT2D eigenvalue weighted by molar-refractivity contribution is -0.159. The normalized spacial score (nSPS) is 16.6. The van der Waals surface area contributed by atoms with Crippen LogP contribution >= 0.6 is 22.9 Å². The van der Waals surface area contributed by atoms with Crippen LogP contribution in [-0.4, -0.2) is 59.2 Å². The second-order valence-corrected chi connectivity index (χ2v) is 8.55. The van der Waals surface area contributed by atoms with E-state index in [4.69, 9.17) is 16.3 Å². The number of nitrogens with zero attached hydrogens (tertiary/aromatic N) is 3. The fourth-order valence-electron chi connectivity index (χ4n) is 3.20. The van der Waals surface area contributed by atoms with Gasteiger partial charge >= 0.3 is 12.1 Å². The highest BCUT2D eigenvalue weighted by atomic mass is 35.5. The van der Waals surface area contributed by atoms with Crippen LogP contribution in [0.5, 0.6) is 0 Å². The van der Waals surface area contributed by atoms with Crippen molar-refractivity contribution in [1.82, 2.24) is 20.4 Å². The number of carbonyl (C=O) groups excluding carboxylic acids is 2. The highest BCUT2D eigenvalue weighted by Gasteiger charge is 2.38. The van der Waals surface area contributed by atoms with Gasteiger partial charge in [0.25, 0.3) is 11.8 Å². The number of aromatic nitrogens is 2. The van der Waals surface area contributed by atoms with E-state index in [1.165, 1.54) is 12.1 Å². The van der Waals surface area contributed by atoms with E-state index in [9.17, 15) is 22.8 Å². The maximum Gasteiger partial charge on any atom is 0.471 e. The summed E-state index contributed by atoms with van der Waals surface area (Å²) in [6.07, 6.45) is -4.75. The summed E-state index contributed by atoms with van der Waals surface area (Å²) in [7, 11) is 0. The van der Waals surface area contributed by atoms with Gasteiger partial charge in [-0.1, -0.05) is 22.8 Å². The molecule has 4 rings (SSSR count). The number of rotatable bonds is 5. The van der Waals surface area contributed by atoms with Crippen LogP contribution in [0.4, 0.5) is 13.2 Å². The van der Waals surface area contributed by atoms with Gasteiger partial charge in [0.15, 0.2) is 0 Å². The van der Waals surface area contributed by atoms with Crippen LogP contribution in [0.3, 0.4) is 0 Å². The number of halogens is 4. The third-order valence-electron chi connectivity index (χ3n) is 4.78. The molecule has 1 unspecified atom stereocenters. The third-order valence-corrected chi connectivity index (χ3v) is 6.09. The van der Waals surface area contributed by atoms with E-state index in [2.05, 4.69) is 20.0 Å². The van der Waals surface area contributed by atoms with Crippen molar-refractivity contribution >= 4 is 34.8 Å². The number of hydrogen-bond donors (Lipinski definition) is 1. The van der Waals surface area contributed by atoms with Gasteiger partial charge in [0.05, 0.1) is 29.0 Å². The zero-order valence-electron chi connectivity index (χ0n) is 16.8. The van der Waals surface area contributed by atoms with Crippen molar-refractivity contribution in [3.63, 3.8) is 0 Å². The molecule has 1 aliphatic heterocycles. The summed E-state index contributed by atoms with van der Waals surface area (Å²) in [5, 5.41) is 6.49. The monoisotopic (exact) mass is 500 g/mol. The number of alkyl halides is 3. The number of carbonyl (C=O) groups is 2. The number of thiophene rings is 1. The number of nitrogens with one attached hydrogen (secondary N) is 1. The van der Waals surface area contributed by atoms with Gasteiger partial charge in [-0.2, -0.15) is 18.2 Å². The number of hydrogen-bond acceptors (Lipinski definition) is 7. The molecule has 2 amide bonds. The second-order valence-electron chi connectivity index (χ2n) is 7.03. The number of amides is 2. The SMILES string of the molecule is O=C(NCC1COCCN1C(=O)c1cccc(Cl)c1)c1ccc(-c2noc(C(F)(F)F)n2)s1. The molecular formula is C20H16ClF3N4O4S.